The molecule has 1 aliphatic carbocycles. The van der Waals surface area contributed by atoms with Crippen LogP contribution in [0.15, 0.2) is 30.3 Å². The van der Waals surface area contributed by atoms with Crippen molar-refractivity contribution >= 4 is 5.78 Å². The van der Waals surface area contributed by atoms with Crippen LogP contribution in [0.5, 0.6) is 5.75 Å². The predicted octanol–water partition coefficient (Wildman–Crippen LogP) is 3.25. The van der Waals surface area contributed by atoms with Crippen LogP contribution in [0.1, 0.15) is 53.5 Å². The normalized spacial score (nSPS) is 19.0. The minimum absolute atomic E-state index is 0.229. The Bertz CT molecular complexity index is 746. The number of ether oxygens (including phenoxy) is 1. The van der Waals surface area contributed by atoms with Crippen molar-refractivity contribution in [3.63, 3.8) is 0 Å². The average Bonchev–Trinajstić information content (AvgIpc) is 3.02. The van der Waals surface area contributed by atoms with Crippen LogP contribution < -0.4 is 4.74 Å². The Morgan fingerprint density at radius 1 is 1.16 bits per heavy atom. The molecule has 2 aromatic rings. The molecule has 1 aromatic heterocycles. The summed E-state index contributed by atoms with van der Waals surface area (Å²) in [5, 5.41) is 4.86. The first kappa shape index (κ1) is 16.3. The Labute approximate surface area is 148 Å². The summed E-state index contributed by atoms with van der Waals surface area (Å²) in [4.78, 5) is 14.9. The zero-order valence-corrected chi connectivity index (χ0v) is 14.8. The van der Waals surface area contributed by atoms with Crippen LogP contribution >= 0.6 is 0 Å². The van der Waals surface area contributed by atoms with E-state index in [1.807, 2.05) is 30.3 Å². The second-order valence-electron chi connectivity index (χ2n) is 7.13. The van der Waals surface area contributed by atoms with Gasteiger partial charge in [-0.2, -0.15) is 5.10 Å². The van der Waals surface area contributed by atoms with E-state index in [0.717, 1.165) is 61.5 Å². The molecule has 0 radical (unpaired) electrons. The lowest BCUT2D eigenvalue weighted by molar-refractivity contribution is 0.0968. The zero-order valence-electron chi connectivity index (χ0n) is 14.8. The number of nitrogens with zero attached hydrogens (tertiary/aromatic N) is 3. The number of rotatable bonds is 4. The molecule has 0 amide bonds. The third-order valence-corrected chi connectivity index (χ3v) is 5.33. The Balaban J connectivity index is 1.61. The number of fused-ring (bicyclic) bond motifs is 1. The highest BCUT2D eigenvalue weighted by Crippen LogP contribution is 2.31. The van der Waals surface area contributed by atoms with Gasteiger partial charge in [0.25, 0.3) is 0 Å². The van der Waals surface area contributed by atoms with E-state index < -0.39 is 0 Å². The van der Waals surface area contributed by atoms with Crippen molar-refractivity contribution in [2.24, 2.45) is 0 Å². The fourth-order valence-electron chi connectivity index (χ4n) is 3.94. The lowest BCUT2D eigenvalue weighted by atomic mass is 9.93. The average molecular weight is 339 g/mol. The van der Waals surface area contributed by atoms with Gasteiger partial charge in [-0.25, -0.2) is 0 Å². The molecule has 2 aliphatic rings. The number of hydrogen-bond acceptors (Lipinski definition) is 4. The van der Waals surface area contributed by atoms with E-state index in [4.69, 9.17) is 9.84 Å². The van der Waals surface area contributed by atoms with Gasteiger partial charge in [0.1, 0.15) is 18.1 Å². The molecular formula is C20H25N3O2. The zero-order chi connectivity index (χ0) is 17.2. The number of ketones is 1. The van der Waals surface area contributed by atoms with Crippen molar-refractivity contribution in [1.29, 1.82) is 0 Å². The van der Waals surface area contributed by atoms with E-state index in [2.05, 4.69) is 16.6 Å². The fraction of sp³-hybridized carbons (Fsp3) is 0.500. The van der Waals surface area contributed by atoms with Gasteiger partial charge >= 0.3 is 0 Å². The van der Waals surface area contributed by atoms with Crippen LogP contribution in [0.3, 0.4) is 0 Å². The van der Waals surface area contributed by atoms with Crippen molar-refractivity contribution in [3.8, 4) is 5.75 Å². The minimum atomic E-state index is 0.229. The van der Waals surface area contributed by atoms with Crippen LogP contribution in [0.2, 0.25) is 0 Å². The molecular weight excluding hydrogens is 314 g/mol. The maximum Gasteiger partial charge on any atom is 0.166 e. The third kappa shape index (κ3) is 3.33. The number of likely N-dealkylation sites (tertiary alicyclic amines) is 1. The highest BCUT2D eigenvalue weighted by atomic mass is 16.5. The van der Waals surface area contributed by atoms with Gasteiger partial charge in [-0.3, -0.25) is 9.48 Å². The molecule has 1 aliphatic heterocycles. The Hall–Kier alpha value is -2.14. The van der Waals surface area contributed by atoms with Crippen molar-refractivity contribution in [1.82, 2.24) is 14.7 Å². The molecule has 0 unspecified atom stereocenters. The van der Waals surface area contributed by atoms with Gasteiger partial charge in [0.15, 0.2) is 5.78 Å². The van der Waals surface area contributed by atoms with Crippen molar-refractivity contribution in [2.45, 2.75) is 44.8 Å². The van der Waals surface area contributed by atoms with Crippen LogP contribution in [-0.4, -0.2) is 40.6 Å². The summed E-state index contributed by atoms with van der Waals surface area (Å²) in [6.45, 7) is 2.53. The maximum atomic E-state index is 12.5. The van der Waals surface area contributed by atoms with E-state index >= 15 is 0 Å². The van der Waals surface area contributed by atoms with Gasteiger partial charge in [0.2, 0.25) is 0 Å². The quantitative estimate of drug-likeness (QED) is 0.858. The highest BCUT2D eigenvalue weighted by Gasteiger charge is 2.30. The Morgan fingerprint density at radius 2 is 1.92 bits per heavy atom. The number of aromatic nitrogens is 2. The van der Waals surface area contributed by atoms with E-state index in [-0.39, 0.29) is 5.78 Å². The van der Waals surface area contributed by atoms with E-state index in [1.54, 1.807) is 0 Å². The Kier molecular flexibility index (Phi) is 4.57. The van der Waals surface area contributed by atoms with Crippen molar-refractivity contribution in [3.05, 3.63) is 47.3 Å². The number of benzene rings is 1. The number of para-hydroxylation sites is 1. The first-order valence-corrected chi connectivity index (χ1v) is 9.22. The number of piperidine rings is 1. The summed E-state index contributed by atoms with van der Waals surface area (Å²) in [5.74, 6) is 1.04. The summed E-state index contributed by atoms with van der Waals surface area (Å²) >= 11 is 0. The number of Topliss-reactive ketones (excluding diaryl/α,β-unsaturated/α-hetero) is 1. The lowest BCUT2D eigenvalue weighted by Crippen LogP contribution is -2.32. The third-order valence-electron chi connectivity index (χ3n) is 5.33. The van der Waals surface area contributed by atoms with Gasteiger partial charge in [0.05, 0.1) is 11.6 Å². The first-order valence-electron chi connectivity index (χ1n) is 9.22. The fourth-order valence-corrected chi connectivity index (χ4v) is 3.94. The summed E-state index contributed by atoms with van der Waals surface area (Å²) in [5.41, 5.74) is 2.78. The van der Waals surface area contributed by atoms with Crippen molar-refractivity contribution in [2.75, 3.05) is 20.1 Å². The molecule has 2 heterocycles. The summed E-state index contributed by atoms with van der Waals surface area (Å²) in [7, 11) is 2.16. The van der Waals surface area contributed by atoms with Gasteiger partial charge < -0.3 is 9.64 Å². The number of carbonyl (C=O) groups is 1. The van der Waals surface area contributed by atoms with E-state index in [9.17, 15) is 4.79 Å². The molecule has 5 heteroatoms. The topological polar surface area (TPSA) is 47.4 Å². The van der Waals surface area contributed by atoms with Crippen LogP contribution in [0.4, 0.5) is 0 Å². The molecule has 1 aromatic carbocycles. The predicted molar refractivity (Wildman–Crippen MR) is 96.0 cm³/mol. The van der Waals surface area contributed by atoms with E-state index in [0.29, 0.717) is 19.1 Å². The maximum absolute atomic E-state index is 12.5. The lowest BCUT2D eigenvalue weighted by Gasteiger charge is -2.30. The standard InChI is InChI=1S/C20H25N3O2/c1-22-12-10-15(11-13-22)23-18-8-5-9-19(24)20(18)17(21-23)14-25-16-6-3-2-4-7-16/h2-4,6-7,15H,5,8-14H2,1H3. The molecule has 0 spiro atoms. The molecule has 4 rings (SSSR count). The smallest absolute Gasteiger partial charge is 0.166 e. The molecule has 25 heavy (non-hydrogen) atoms. The molecule has 5 nitrogen and oxygen atoms in total. The van der Waals surface area contributed by atoms with Crippen LogP contribution in [-0.2, 0) is 13.0 Å². The number of hydrogen-bond donors (Lipinski definition) is 0. The molecule has 0 saturated carbocycles. The van der Waals surface area contributed by atoms with Gasteiger partial charge in [-0.05, 0) is 58.0 Å². The SMILES string of the molecule is CN1CCC(n2nc(COc3ccccc3)c3c2CCCC3=O)CC1. The van der Waals surface area contributed by atoms with Gasteiger partial charge in [0, 0.05) is 12.1 Å². The van der Waals surface area contributed by atoms with E-state index in [1.165, 1.54) is 0 Å². The second-order valence-corrected chi connectivity index (χ2v) is 7.13. The molecule has 0 atom stereocenters. The molecule has 1 saturated heterocycles. The summed E-state index contributed by atoms with van der Waals surface area (Å²) < 4.78 is 8.04. The highest BCUT2D eigenvalue weighted by molar-refractivity contribution is 5.99. The van der Waals surface area contributed by atoms with Crippen molar-refractivity contribution < 1.29 is 9.53 Å². The van der Waals surface area contributed by atoms with Crippen LogP contribution in [0, 0.1) is 0 Å². The summed E-state index contributed by atoms with van der Waals surface area (Å²) in [6, 6.07) is 10.1. The molecule has 1 fully saturated rings. The summed E-state index contributed by atoms with van der Waals surface area (Å²) in [6.07, 6.45) is 4.70. The first-order chi connectivity index (χ1) is 12.2. The molecule has 0 N–H and O–H groups in total. The Morgan fingerprint density at radius 3 is 2.68 bits per heavy atom. The second kappa shape index (κ2) is 7.00. The largest absolute Gasteiger partial charge is 0.487 e. The van der Waals surface area contributed by atoms with Gasteiger partial charge in [-0.1, -0.05) is 18.2 Å². The molecule has 0 bridgehead atoms. The minimum Gasteiger partial charge on any atom is -0.487 e. The molecule has 132 valence electrons. The van der Waals surface area contributed by atoms with Crippen LogP contribution in [0.25, 0.3) is 0 Å². The monoisotopic (exact) mass is 339 g/mol. The number of carbonyl (C=O) groups excluding carboxylic acids is 1. The van der Waals surface area contributed by atoms with Gasteiger partial charge in [-0.15, -0.1) is 0 Å².